The number of fused-ring (bicyclic) bond motifs is 1. The highest BCUT2D eigenvalue weighted by Gasteiger charge is 2.15. The molecule has 0 aromatic carbocycles. The van der Waals surface area contributed by atoms with Gasteiger partial charge in [-0.15, -0.1) is 0 Å². The highest BCUT2D eigenvalue weighted by Crippen LogP contribution is 2.25. The van der Waals surface area contributed by atoms with Crippen molar-refractivity contribution in [3.05, 3.63) is 41.6 Å². The van der Waals surface area contributed by atoms with Gasteiger partial charge in [-0.1, -0.05) is 6.08 Å². The Morgan fingerprint density at radius 2 is 2.32 bits per heavy atom. The Bertz CT molecular complexity index is 641. The summed E-state index contributed by atoms with van der Waals surface area (Å²) in [6.45, 7) is 0. The lowest BCUT2D eigenvalue weighted by Crippen LogP contribution is -2.18. The quantitative estimate of drug-likeness (QED) is 0.891. The molecule has 0 fully saturated rings. The highest BCUT2D eigenvalue weighted by atomic mass is 16.4. The number of hydrogen-bond donors (Lipinski definition) is 1. The molecular formula is C14H13N3O2. The zero-order valence-electron chi connectivity index (χ0n) is 10.5. The fraction of sp³-hybridized carbons (Fsp3) is 0.214. The topological polar surface area (TPSA) is 68.0 Å². The molecule has 1 aliphatic carbocycles. The molecule has 2 aromatic rings. The van der Waals surface area contributed by atoms with Crippen molar-refractivity contribution in [3.8, 4) is 11.5 Å². The molecule has 2 aromatic heterocycles. The first-order chi connectivity index (χ1) is 9.28. The summed E-state index contributed by atoms with van der Waals surface area (Å²) in [5, 5.41) is 2.53. The maximum absolute atomic E-state index is 11.4. The van der Waals surface area contributed by atoms with Gasteiger partial charge in [0, 0.05) is 19.7 Å². The number of nitrogens with zero attached hydrogens (tertiary/aromatic N) is 2. The Morgan fingerprint density at radius 1 is 1.42 bits per heavy atom. The van der Waals surface area contributed by atoms with Crippen molar-refractivity contribution in [2.24, 2.45) is 0 Å². The molecule has 96 valence electrons. The Hall–Kier alpha value is -2.43. The van der Waals surface area contributed by atoms with Crippen molar-refractivity contribution in [2.45, 2.75) is 12.8 Å². The molecule has 1 aliphatic rings. The first-order valence-corrected chi connectivity index (χ1v) is 6.12. The van der Waals surface area contributed by atoms with Crippen molar-refractivity contribution < 1.29 is 9.21 Å². The number of aromatic nitrogens is 2. The molecule has 1 N–H and O–H groups in total. The van der Waals surface area contributed by atoms with E-state index in [1.807, 2.05) is 6.08 Å². The molecule has 0 saturated heterocycles. The van der Waals surface area contributed by atoms with E-state index in [0.717, 1.165) is 29.9 Å². The number of carbonyl (C=O) groups excluding carboxylic acids is 1. The van der Waals surface area contributed by atoms with Crippen LogP contribution in [0, 0.1) is 0 Å². The van der Waals surface area contributed by atoms with Crippen LogP contribution in [0.4, 0.5) is 0 Å². The molecule has 5 heteroatoms. The maximum Gasteiger partial charge on any atom is 0.269 e. The average Bonchev–Trinajstić information content (AvgIpc) is 2.90. The van der Waals surface area contributed by atoms with Crippen LogP contribution in [0.2, 0.25) is 0 Å². The largest absolute Gasteiger partial charge is 0.440 e. The molecular weight excluding hydrogens is 242 g/mol. The summed E-state index contributed by atoms with van der Waals surface area (Å²) >= 11 is 0. The van der Waals surface area contributed by atoms with Crippen LogP contribution in [-0.2, 0) is 6.42 Å². The molecule has 0 saturated carbocycles. The van der Waals surface area contributed by atoms with Gasteiger partial charge < -0.3 is 9.73 Å². The predicted molar refractivity (Wildman–Crippen MR) is 70.5 cm³/mol. The van der Waals surface area contributed by atoms with Crippen LogP contribution in [0.1, 0.15) is 28.4 Å². The Morgan fingerprint density at radius 3 is 3.00 bits per heavy atom. The first-order valence-electron chi connectivity index (χ1n) is 6.12. The van der Waals surface area contributed by atoms with Gasteiger partial charge >= 0.3 is 0 Å². The van der Waals surface area contributed by atoms with E-state index < -0.39 is 0 Å². The summed E-state index contributed by atoms with van der Waals surface area (Å²) in [5.74, 6) is 1.25. The number of allylic oxidation sites excluding steroid dienone is 1. The molecule has 0 aliphatic heterocycles. The lowest BCUT2D eigenvalue weighted by atomic mass is 10.1. The zero-order chi connectivity index (χ0) is 13.2. The minimum absolute atomic E-state index is 0.207. The summed E-state index contributed by atoms with van der Waals surface area (Å²) in [6, 6.07) is 3.45. The van der Waals surface area contributed by atoms with Gasteiger partial charge in [0.15, 0.2) is 0 Å². The van der Waals surface area contributed by atoms with Gasteiger partial charge in [-0.3, -0.25) is 9.78 Å². The minimum atomic E-state index is -0.207. The molecule has 19 heavy (non-hydrogen) atoms. The van der Waals surface area contributed by atoms with Gasteiger partial charge in [0.05, 0.1) is 5.56 Å². The third-order valence-corrected chi connectivity index (χ3v) is 3.01. The van der Waals surface area contributed by atoms with Crippen LogP contribution in [0.3, 0.4) is 0 Å². The average molecular weight is 255 g/mol. The Kier molecular flexibility index (Phi) is 2.87. The SMILES string of the molecule is CNC(=O)c1ccc(-c2nc3c(o2)CCC=C3)cn1. The summed E-state index contributed by atoms with van der Waals surface area (Å²) in [6.07, 6.45) is 7.52. The number of aryl methyl sites for hydroxylation is 1. The molecule has 0 bridgehead atoms. The van der Waals surface area contributed by atoms with Crippen molar-refractivity contribution in [1.82, 2.24) is 15.3 Å². The van der Waals surface area contributed by atoms with Crippen molar-refractivity contribution >= 4 is 12.0 Å². The summed E-state index contributed by atoms with van der Waals surface area (Å²) < 4.78 is 5.72. The van der Waals surface area contributed by atoms with Crippen molar-refractivity contribution in [1.29, 1.82) is 0 Å². The van der Waals surface area contributed by atoms with Crippen molar-refractivity contribution in [3.63, 3.8) is 0 Å². The van der Waals surface area contributed by atoms with Gasteiger partial charge in [0.1, 0.15) is 17.1 Å². The number of pyridine rings is 1. The van der Waals surface area contributed by atoms with Gasteiger partial charge in [0.2, 0.25) is 5.89 Å². The van der Waals surface area contributed by atoms with Gasteiger partial charge in [-0.25, -0.2) is 4.98 Å². The van der Waals surface area contributed by atoms with Crippen LogP contribution in [0.15, 0.2) is 28.8 Å². The highest BCUT2D eigenvalue weighted by molar-refractivity contribution is 5.92. The van der Waals surface area contributed by atoms with Gasteiger partial charge in [-0.05, 0) is 24.6 Å². The van der Waals surface area contributed by atoms with E-state index >= 15 is 0 Å². The second kappa shape index (κ2) is 4.68. The molecule has 5 nitrogen and oxygen atoms in total. The molecule has 0 atom stereocenters. The molecule has 3 rings (SSSR count). The van der Waals surface area contributed by atoms with Crippen LogP contribution < -0.4 is 5.32 Å². The van der Waals surface area contributed by atoms with Crippen LogP contribution in [0.5, 0.6) is 0 Å². The third kappa shape index (κ3) is 2.14. The van der Waals surface area contributed by atoms with Gasteiger partial charge in [0.25, 0.3) is 5.91 Å². The second-order valence-corrected chi connectivity index (χ2v) is 4.28. The Balaban J connectivity index is 1.92. The van der Waals surface area contributed by atoms with E-state index in [0.29, 0.717) is 11.6 Å². The fourth-order valence-electron chi connectivity index (χ4n) is 1.99. The van der Waals surface area contributed by atoms with Crippen LogP contribution >= 0.6 is 0 Å². The van der Waals surface area contributed by atoms with E-state index in [2.05, 4.69) is 21.4 Å². The number of nitrogens with one attached hydrogen (secondary N) is 1. The number of carbonyl (C=O) groups is 1. The summed E-state index contributed by atoms with van der Waals surface area (Å²) in [7, 11) is 1.58. The standard InChI is InChI=1S/C14H13N3O2/c1-15-13(18)11-7-6-9(8-16-11)14-17-10-4-2-3-5-12(10)19-14/h2,4,6-8H,3,5H2,1H3,(H,15,18). The second-order valence-electron chi connectivity index (χ2n) is 4.28. The van der Waals surface area contributed by atoms with E-state index in [1.165, 1.54) is 0 Å². The maximum atomic E-state index is 11.4. The normalized spacial score (nSPS) is 13.1. The fourth-order valence-corrected chi connectivity index (χ4v) is 1.99. The molecule has 2 heterocycles. The summed E-state index contributed by atoms with van der Waals surface area (Å²) in [4.78, 5) is 19.9. The third-order valence-electron chi connectivity index (χ3n) is 3.01. The summed E-state index contributed by atoms with van der Waals surface area (Å²) in [5.41, 5.74) is 2.04. The minimum Gasteiger partial charge on any atom is -0.440 e. The van der Waals surface area contributed by atoms with E-state index in [1.54, 1.807) is 25.4 Å². The smallest absolute Gasteiger partial charge is 0.269 e. The first kappa shape index (κ1) is 11.6. The predicted octanol–water partition coefficient (Wildman–Crippen LogP) is 2.06. The van der Waals surface area contributed by atoms with Gasteiger partial charge in [-0.2, -0.15) is 0 Å². The Labute approximate surface area is 110 Å². The number of amides is 1. The number of hydrogen-bond acceptors (Lipinski definition) is 4. The molecule has 0 spiro atoms. The van der Waals surface area contributed by atoms with Crippen LogP contribution in [-0.4, -0.2) is 22.9 Å². The number of oxazole rings is 1. The van der Waals surface area contributed by atoms with E-state index in [9.17, 15) is 4.79 Å². The van der Waals surface area contributed by atoms with Crippen LogP contribution in [0.25, 0.3) is 17.5 Å². The van der Waals surface area contributed by atoms with E-state index in [4.69, 9.17) is 4.42 Å². The van der Waals surface area contributed by atoms with Crippen molar-refractivity contribution in [2.75, 3.05) is 7.05 Å². The molecule has 0 radical (unpaired) electrons. The monoisotopic (exact) mass is 255 g/mol. The molecule has 0 unspecified atom stereocenters. The van der Waals surface area contributed by atoms with E-state index in [-0.39, 0.29) is 5.91 Å². The zero-order valence-corrected chi connectivity index (χ0v) is 10.5. The lowest BCUT2D eigenvalue weighted by Gasteiger charge is -1.99. The number of rotatable bonds is 2. The lowest BCUT2D eigenvalue weighted by molar-refractivity contribution is 0.0958. The molecule has 1 amide bonds.